The molecule has 1 aromatic carbocycles. The van der Waals surface area contributed by atoms with Crippen LogP contribution in [0.3, 0.4) is 0 Å². The van der Waals surface area contributed by atoms with Gasteiger partial charge in [-0.2, -0.15) is 0 Å². The molecule has 0 spiro atoms. The minimum Gasteiger partial charge on any atom is -0.380 e. The highest BCUT2D eigenvalue weighted by molar-refractivity contribution is 5.85. The highest BCUT2D eigenvalue weighted by atomic mass is 35.5. The highest BCUT2D eigenvalue weighted by Gasteiger charge is 2.22. The van der Waals surface area contributed by atoms with Gasteiger partial charge in [-0.3, -0.25) is 4.79 Å². The van der Waals surface area contributed by atoms with Gasteiger partial charge in [0.2, 0.25) is 5.91 Å². The number of anilines is 1. The van der Waals surface area contributed by atoms with Crippen LogP contribution in [0.1, 0.15) is 19.3 Å². The Morgan fingerprint density at radius 1 is 1.39 bits per heavy atom. The summed E-state index contributed by atoms with van der Waals surface area (Å²) >= 11 is 0. The molecule has 1 aliphatic heterocycles. The molecule has 2 rings (SSSR count). The van der Waals surface area contributed by atoms with Crippen molar-refractivity contribution in [3.05, 3.63) is 30.3 Å². The normalized spacial score (nSPS) is 18.3. The third-order valence-electron chi connectivity index (χ3n) is 3.92. The van der Waals surface area contributed by atoms with E-state index in [0.29, 0.717) is 13.0 Å². The lowest BCUT2D eigenvalue weighted by Gasteiger charge is -2.35. The standard InChI is InChI=1S/C16H25N3O2.2ClH/c1-21-15(11-17)10-16(20)18-13-6-5-9-19(12-13)14-7-3-2-4-8-14;;/h2-4,7-8,13,15H,5-6,9-12,17H2,1H3,(H,18,20);2*1H. The van der Waals surface area contributed by atoms with Gasteiger partial charge in [0.25, 0.3) is 0 Å². The van der Waals surface area contributed by atoms with Crippen molar-refractivity contribution in [1.29, 1.82) is 0 Å². The first-order valence-electron chi connectivity index (χ1n) is 7.55. The molecule has 0 bridgehead atoms. The minimum absolute atomic E-state index is 0. The second-order valence-electron chi connectivity index (χ2n) is 5.49. The van der Waals surface area contributed by atoms with Crippen LogP contribution in [0.2, 0.25) is 0 Å². The molecule has 132 valence electrons. The van der Waals surface area contributed by atoms with Crippen molar-refractivity contribution in [3.63, 3.8) is 0 Å². The Labute approximate surface area is 150 Å². The highest BCUT2D eigenvalue weighted by Crippen LogP contribution is 2.19. The first kappa shape index (κ1) is 22.0. The van der Waals surface area contributed by atoms with Gasteiger partial charge in [0.05, 0.1) is 12.5 Å². The molecule has 1 heterocycles. The molecule has 2 unspecified atom stereocenters. The van der Waals surface area contributed by atoms with E-state index in [9.17, 15) is 4.79 Å². The number of hydrogen-bond acceptors (Lipinski definition) is 4. The number of para-hydroxylation sites is 1. The van der Waals surface area contributed by atoms with Crippen LogP contribution in [0.5, 0.6) is 0 Å². The van der Waals surface area contributed by atoms with E-state index in [0.717, 1.165) is 25.9 Å². The summed E-state index contributed by atoms with van der Waals surface area (Å²) < 4.78 is 5.15. The second kappa shape index (κ2) is 11.5. The van der Waals surface area contributed by atoms with Crippen molar-refractivity contribution in [3.8, 4) is 0 Å². The van der Waals surface area contributed by atoms with Crippen LogP contribution in [0.15, 0.2) is 30.3 Å². The summed E-state index contributed by atoms with van der Waals surface area (Å²) in [5.41, 5.74) is 6.77. The molecule has 0 saturated carbocycles. The fourth-order valence-electron chi connectivity index (χ4n) is 2.72. The fraction of sp³-hybridized carbons (Fsp3) is 0.562. The molecule has 1 aromatic rings. The second-order valence-corrected chi connectivity index (χ2v) is 5.49. The van der Waals surface area contributed by atoms with Crippen molar-refractivity contribution < 1.29 is 9.53 Å². The number of halogens is 2. The lowest BCUT2D eigenvalue weighted by Crippen LogP contribution is -2.48. The first-order chi connectivity index (χ1) is 10.2. The van der Waals surface area contributed by atoms with E-state index in [1.165, 1.54) is 5.69 Å². The predicted molar refractivity (Wildman–Crippen MR) is 98.8 cm³/mol. The third kappa shape index (κ3) is 6.96. The number of rotatable bonds is 6. The van der Waals surface area contributed by atoms with Crippen molar-refractivity contribution >= 4 is 36.4 Å². The molecule has 2 atom stereocenters. The Hall–Kier alpha value is -1.01. The monoisotopic (exact) mass is 363 g/mol. The van der Waals surface area contributed by atoms with Crippen LogP contribution in [-0.4, -0.2) is 44.8 Å². The van der Waals surface area contributed by atoms with Gasteiger partial charge in [0.1, 0.15) is 0 Å². The molecule has 1 saturated heterocycles. The number of nitrogens with zero attached hydrogens (tertiary/aromatic N) is 1. The zero-order valence-corrected chi connectivity index (χ0v) is 15.1. The largest absolute Gasteiger partial charge is 0.380 e. The molecule has 0 radical (unpaired) electrons. The van der Waals surface area contributed by atoms with Gasteiger partial charge >= 0.3 is 0 Å². The quantitative estimate of drug-likeness (QED) is 0.810. The van der Waals surface area contributed by atoms with Gasteiger partial charge in [-0.15, -0.1) is 24.8 Å². The number of ether oxygens (including phenoxy) is 1. The number of carbonyl (C=O) groups excluding carboxylic acids is 1. The van der Waals surface area contributed by atoms with Crippen LogP contribution in [0, 0.1) is 0 Å². The molecule has 1 fully saturated rings. The van der Waals surface area contributed by atoms with Crippen LogP contribution >= 0.6 is 24.8 Å². The van der Waals surface area contributed by atoms with E-state index in [-0.39, 0.29) is 42.9 Å². The lowest BCUT2D eigenvalue weighted by molar-refractivity contribution is -0.124. The molecular weight excluding hydrogens is 337 g/mol. The molecule has 0 aliphatic carbocycles. The summed E-state index contributed by atoms with van der Waals surface area (Å²) in [5, 5.41) is 3.10. The number of hydrogen-bond donors (Lipinski definition) is 2. The summed E-state index contributed by atoms with van der Waals surface area (Å²) in [6.07, 6.45) is 2.24. The van der Waals surface area contributed by atoms with Gasteiger partial charge in [0.15, 0.2) is 0 Å². The Bertz CT molecular complexity index is 444. The van der Waals surface area contributed by atoms with E-state index in [4.69, 9.17) is 10.5 Å². The zero-order valence-electron chi connectivity index (χ0n) is 13.4. The number of amides is 1. The molecule has 7 heteroatoms. The van der Waals surface area contributed by atoms with Crippen LogP contribution in [-0.2, 0) is 9.53 Å². The van der Waals surface area contributed by atoms with Gasteiger partial charge in [-0.05, 0) is 25.0 Å². The average molecular weight is 364 g/mol. The molecular formula is C16H27Cl2N3O2. The van der Waals surface area contributed by atoms with Gasteiger partial charge in [-0.1, -0.05) is 18.2 Å². The Balaban J connectivity index is 0.00000242. The maximum absolute atomic E-state index is 12.0. The van der Waals surface area contributed by atoms with Gasteiger partial charge < -0.3 is 20.7 Å². The third-order valence-corrected chi connectivity index (χ3v) is 3.92. The van der Waals surface area contributed by atoms with Crippen molar-refractivity contribution in [2.75, 3.05) is 31.6 Å². The van der Waals surface area contributed by atoms with Crippen LogP contribution in [0.25, 0.3) is 0 Å². The molecule has 1 aliphatic rings. The summed E-state index contributed by atoms with van der Waals surface area (Å²) in [6.45, 7) is 2.26. The van der Waals surface area contributed by atoms with Crippen molar-refractivity contribution in [2.45, 2.75) is 31.4 Å². The molecule has 3 N–H and O–H groups in total. The molecule has 0 aromatic heterocycles. The number of piperidine rings is 1. The topological polar surface area (TPSA) is 67.6 Å². The van der Waals surface area contributed by atoms with E-state index in [1.807, 2.05) is 18.2 Å². The van der Waals surface area contributed by atoms with Crippen LogP contribution in [0.4, 0.5) is 5.69 Å². The number of nitrogens with one attached hydrogen (secondary N) is 1. The van der Waals surface area contributed by atoms with Gasteiger partial charge in [-0.25, -0.2) is 0 Å². The van der Waals surface area contributed by atoms with Crippen molar-refractivity contribution in [2.24, 2.45) is 5.73 Å². The molecule has 1 amide bonds. The van der Waals surface area contributed by atoms with E-state index in [2.05, 4.69) is 22.3 Å². The van der Waals surface area contributed by atoms with E-state index < -0.39 is 0 Å². The molecule has 23 heavy (non-hydrogen) atoms. The maximum Gasteiger partial charge on any atom is 0.222 e. The Kier molecular flexibility index (Phi) is 11.0. The van der Waals surface area contributed by atoms with E-state index >= 15 is 0 Å². The summed E-state index contributed by atoms with van der Waals surface area (Å²) in [4.78, 5) is 14.3. The summed E-state index contributed by atoms with van der Waals surface area (Å²) in [6, 6.07) is 10.5. The van der Waals surface area contributed by atoms with Gasteiger partial charge in [0, 0.05) is 38.5 Å². The Morgan fingerprint density at radius 3 is 2.70 bits per heavy atom. The number of nitrogens with two attached hydrogens (primary N) is 1. The number of carbonyl (C=O) groups is 1. The van der Waals surface area contributed by atoms with E-state index in [1.54, 1.807) is 7.11 Å². The summed E-state index contributed by atoms with van der Waals surface area (Å²) in [5.74, 6) is 0.0206. The summed E-state index contributed by atoms with van der Waals surface area (Å²) in [7, 11) is 1.59. The predicted octanol–water partition coefficient (Wildman–Crippen LogP) is 1.98. The average Bonchev–Trinajstić information content (AvgIpc) is 2.53. The maximum atomic E-state index is 12.0. The Morgan fingerprint density at radius 2 is 2.09 bits per heavy atom. The van der Waals surface area contributed by atoms with Crippen LogP contribution < -0.4 is 16.0 Å². The molecule has 5 nitrogen and oxygen atoms in total. The lowest BCUT2D eigenvalue weighted by atomic mass is 10.0. The fourth-order valence-corrected chi connectivity index (χ4v) is 2.72. The minimum atomic E-state index is -0.196. The number of benzene rings is 1. The van der Waals surface area contributed by atoms with Crippen molar-refractivity contribution in [1.82, 2.24) is 5.32 Å². The smallest absolute Gasteiger partial charge is 0.222 e. The number of methoxy groups -OCH3 is 1. The zero-order chi connectivity index (χ0) is 15.1. The SMILES string of the molecule is COC(CN)CC(=O)NC1CCCN(c2ccccc2)C1.Cl.Cl. The first-order valence-corrected chi connectivity index (χ1v) is 7.55.